The molecule has 98 valence electrons. The van der Waals surface area contributed by atoms with Crippen molar-refractivity contribution in [3.05, 3.63) is 30.1 Å². The van der Waals surface area contributed by atoms with Gasteiger partial charge in [-0.3, -0.25) is 9.78 Å². The van der Waals surface area contributed by atoms with E-state index in [9.17, 15) is 4.79 Å². The third-order valence-corrected chi connectivity index (χ3v) is 3.44. The van der Waals surface area contributed by atoms with Crippen molar-refractivity contribution in [2.45, 2.75) is 32.2 Å². The van der Waals surface area contributed by atoms with Gasteiger partial charge in [0.05, 0.1) is 11.7 Å². The van der Waals surface area contributed by atoms with Gasteiger partial charge >= 0.3 is 0 Å². The SMILES string of the molecule is CC(NC(=O)CC1CCNCC1)c1ccccn1. The zero-order chi connectivity index (χ0) is 12.8. The molecular weight excluding hydrogens is 226 g/mol. The molecule has 18 heavy (non-hydrogen) atoms. The molecule has 1 unspecified atom stereocenters. The van der Waals surface area contributed by atoms with Crippen molar-refractivity contribution in [1.29, 1.82) is 0 Å². The van der Waals surface area contributed by atoms with Crippen LogP contribution in [0.3, 0.4) is 0 Å². The second-order valence-electron chi connectivity index (χ2n) is 4.94. The number of carbonyl (C=O) groups excluding carboxylic acids is 1. The lowest BCUT2D eigenvalue weighted by atomic mass is 9.94. The Morgan fingerprint density at radius 3 is 2.94 bits per heavy atom. The molecule has 0 bridgehead atoms. The summed E-state index contributed by atoms with van der Waals surface area (Å²) in [6, 6.07) is 5.75. The number of carbonyl (C=O) groups is 1. The van der Waals surface area contributed by atoms with Crippen LogP contribution in [-0.4, -0.2) is 24.0 Å². The summed E-state index contributed by atoms with van der Waals surface area (Å²) in [5, 5.41) is 6.33. The first-order chi connectivity index (χ1) is 8.75. The molecule has 1 amide bonds. The standard InChI is InChI=1S/C14H21N3O/c1-11(13-4-2-3-7-16-13)17-14(18)10-12-5-8-15-9-6-12/h2-4,7,11-12,15H,5-6,8-10H2,1H3,(H,17,18). The van der Waals surface area contributed by atoms with Crippen molar-refractivity contribution in [2.75, 3.05) is 13.1 Å². The third kappa shape index (κ3) is 3.81. The number of amides is 1. The third-order valence-electron chi connectivity index (χ3n) is 3.44. The fourth-order valence-corrected chi connectivity index (χ4v) is 2.35. The molecule has 2 rings (SSSR count). The van der Waals surface area contributed by atoms with Gasteiger partial charge in [0.1, 0.15) is 0 Å². The lowest BCUT2D eigenvalue weighted by molar-refractivity contribution is -0.122. The first-order valence-corrected chi connectivity index (χ1v) is 6.66. The van der Waals surface area contributed by atoms with Gasteiger partial charge in [-0.1, -0.05) is 6.07 Å². The minimum Gasteiger partial charge on any atom is -0.348 e. The van der Waals surface area contributed by atoms with Crippen LogP contribution in [-0.2, 0) is 4.79 Å². The number of hydrogen-bond donors (Lipinski definition) is 2. The molecule has 1 aromatic rings. The molecule has 1 atom stereocenters. The minimum absolute atomic E-state index is 0.0135. The van der Waals surface area contributed by atoms with Gasteiger partial charge in [-0.25, -0.2) is 0 Å². The van der Waals surface area contributed by atoms with Gasteiger partial charge in [0, 0.05) is 12.6 Å². The number of piperidine rings is 1. The van der Waals surface area contributed by atoms with E-state index in [1.807, 2.05) is 25.1 Å². The van der Waals surface area contributed by atoms with E-state index in [0.717, 1.165) is 31.6 Å². The van der Waals surface area contributed by atoms with Crippen molar-refractivity contribution in [1.82, 2.24) is 15.6 Å². The number of pyridine rings is 1. The van der Waals surface area contributed by atoms with E-state index in [-0.39, 0.29) is 11.9 Å². The van der Waals surface area contributed by atoms with Gasteiger partial charge in [-0.2, -0.15) is 0 Å². The Balaban J connectivity index is 1.80. The van der Waals surface area contributed by atoms with Gasteiger partial charge in [0.15, 0.2) is 0 Å². The molecule has 1 aliphatic heterocycles. The number of aromatic nitrogens is 1. The molecule has 0 spiro atoms. The normalized spacial score (nSPS) is 18.3. The van der Waals surface area contributed by atoms with Gasteiger partial charge in [-0.05, 0) is 50.9 Å². The van der Waals surface area contributed by atoms with Crippen molar-refractivity contribution in [3.63, 3.8) is 0 Å². The molecule has 4 nitrogen and oxygen atoms in total. The highest BCUT2D eigenvalue weighted by atomic mass is 16.1. The smallest absolute Gasteiger partial charge is 0.220 e. The van der Waals surface area contributed by atoms with Crippen molar-refractivity contribution in [2.24, 2.45) is 5.92 Å². The molecule has 2 heterocycles. The highest BCUT2D eigenvalue weighted by Gasteiger charge is 2.18. The molecule has 4 heteroatoms. The molecule has 1 fully saturated rings. The van der Waals surface area contributed by atoms with E-state index in [2.05, 4.69) is 15.6 Å². The molecule has 0 radical (unpaired) electrons. The lowest BCUT2D eigenvalue weighted by Gasteiger charge is -2.22. The monoisotopic (exact) mass is 247 g/mol. The van der Waals surface area contributed by atoms with Crippen LogP contribution in [0.1, 0.15) is 37.9 Å². The summed E-state index contributed by atoms with van der Waals surface area (Å²) in [5.74, 6) is 0.669. The summed E-state index contributed by atoms with van der Waals surface area (Å²) in [7, 11) is 0. The Labute approximate surface area is 108 Å². The van der Waals surface area contributed by atoms with E-state index in [1.165, 1.54) is 0 Å². The summed E-state index contributed by atoms with van der Waals surface area (Å²) in [6.45, 7) is 4.05. The average molecular weight is 247 g/mol. The predicted molar refractivity (Wildman–Crippen MR) is 71.0 cm³/mol. The molecular formula is C14H21N3O. The van der Waals surface area contributed by atoms with Crippen LogP contribution >= 0.6 is 0 Å². The number of nitrogens with zero attached hydrogens (tertiary/aromatic N) is 1. The number of nitrogens with one attached hydrogen (secondary N) is 2. The van der Waals surface area contributed by atoms with E-state index in [4.69, 9.17) is 0 Å². The van der Waals surface area contributed by atoms with E-state index >= 15 is 0 Å². The molecule has 1 aromatic heterocycles. The Bertz CT molecular complexity index is 374. The fourth-order valence-electron chi connectivity index (χ4n) is 2.35. The molecule has 0 saturated carbocycles. The summed E-state index contributed by atoms with van der Waals surface area (Å²) in [6.07, 6.45) is 4.60. The van der Waals surface area contributed by atoms with Crippen LogP contribution in [0.5, 0.6) is 0 Å². The van der Waals surface area contributed by atoms with Crippen LogP contribution in [0.25, 0.3) is 0 Å². The zero-order valence-corrected chi connectivity index (χ0v) is 10.9. The molecule has 1 saturated heterocycles. The maximum Gasteiger partial charge on any atom is 0.220 e. The van der Waals surface area contributed by atoms with E-state index < -0.39 is 0 Å². The first-order valence-electron chi connectivity index (χ1n) is 6.66. The van der Waals surface area contributed by atoms with Gasteiger partial charge < -0.3 is 10.6 Å². The topological polar surface area (TPSA) is 54.0 Å². The predicted octanol–water partition coefficient (Wildman–Crippen LogP) is 1.65. The van der Waals surface area contributed by atoms with Crippen LogP contribution in [0.4, 0.5) is 0 Å². The lowest BCUT2D eigenvalue weighted by Crippen LogP contribution is -2.33. The van der Waals surface area contributed by atoms with Gasteiger partial charge in [0.2, 0.25) is 5.91 Å². The maximum atomic E-state index is 11.9. The maximum absolute atomic E-state index is 11.9. The largest absolute Gasteiger partial charge is 0.348 e. The molecule has 0 aromatic carbocycles. The average Bonchev–Trinajstić information content (AvgIpc) is 2.40. The summed E-state index contributed by atoms with van der Waals surface area (Å²) in [4.78, 5) is 16.2. The molecule has 1 aliphatic rings. The highest BCUT2D eigenvalue weighted by Crippen LogP contribution is 2.16. The fraction of sp³-hybridized carbons (Fsp3) is 0.571. The molecule has 2 N–H and O–H groups in total. The first kappa shape index (κ1) is 13.0. The highest BCUT2D eigenvalue weighted by molar-refractivity contribution is 5.76. The second kappa shape index (κ2) is 6.50. The van der Waals surface area contributed by atoms with Crippen molar-refractivity contribution < 1.29 is 4.79 Å². The number of hydrogen-bond acceptors (Lipinski definition) is 3. The van der Waals surface area contributed by atoms with Crippen LogP contribution in [0.2, 0.25) is 0 Å². The Hall–Kier alpha value is -1.42. The minimum atomic E-state index is -0.0135. The second-order valence-corrected chi connectivity index (χ2v) is 4.94. The Morgan fingerprint density at radius 1 is 1.50 bits per heavy atom. The Morgan fingerprint density at radius 2 is 2.28 bits per heavy atom. The van der Waals surface area contributed by atoms with Crippen molar-refractivity contribution in [3.8, 4) is 0 Å². The number of rotatable bonds is 4. The van der Waals surface area contributed by atoms with Crippen LogP contribution in [0.15, 0.2) is 24.4 Å². The van der Waals surface area contributed by atoms with E-state index in [0.29, 0.717) is 12.3 Å². The van der Waals surface area contributed by atoms with Crippen molar-refractivity contribution >= 4 is 5.91 Å². The quantitative estimate of drug-likeness (QED) is 0.850. The van der Waals surface area contributed by atoms with Gasteiger partial charge in [0.25, 0.3) is 0 Å². The van der Waals surface area contributed by atoms with Crippen LogP contribution < -0.4 is 10.6 Å². The van der Waals surface area contributed by atoms with Crippen LogP contribution in [0, 0.1) is 5.92 Å². The summed E-state index contributed by atoms with van der Waals surface area (Å²) in [5.41, 5.74) is 0.913. The Kier molecular flexibility index (Phi) is 4.70. The van der Waals surface area contributed by atoms with E-state index in [1.54, 1.807) is 6.20 Å². The summed E-state index contributed by atoms with van der Waals surface area (Å²) >= 11 is 0. The summed E-state index contributed by atoms with van der Waals surface area (Å²) < 4.78 is 0. The van der Waals surface area contributed by atoms with Gasteiger partial charge in [-0.15, -0.1) is 0 Å². The molecule has 0 aliphatic carbocycles. The zero-order valence-electron chi connectivity index (χ0n) is 10.9.